The molecule has 0 fully saturated rings. The zero-order chi connectivity index (χ0) is 16.8. The summed E-state index contributed by atoms with van der Waals surface area (Å²) in [6.07, 6.45) is 4.61. The normalized spacial score (nSPS) is 20.4. The summed E-state index contributed by atoms with van der Waals surface area (Å²) < 4.78 is 27.7. The number of rotatable bonds is 2. The Labute approximate surface area is 137 Å². The summed E-state index contributed by atoms with van der Waals surface area (Å²) in [5.41, 5.74) is 1.91. The van der Waals surface area contributed by atoms with Gasteiger partial charge in [-0.3, -0.25) is 0 Å². The lowest BCUT2D eigenvalue weighted by Gasteiger charge is -2.22. The minimum Gasteiger partial charge on any atom is -0.396 e. The topological polar surface area (TPSA) is 46.0 Å². The van der Waals surface area contributed by atoms with Crippen LogP contribution in [0.3, 0.4) is 0 Å². The van der Waals surface area contributed by atoms with Gasteiger partial charge >= 0.3 is 0 Å². The van der Waals surface area contributed by atoms with Gasteiger partial charge in [0, 0.05) is 12.3 Å². The molecule has 2 aliphatic carbocycles. The molecule has 1 N–H and O–H groups in total. The number of halogens is 2. The first kappa shape index (κ1) is 18.2. The van der Waals surface area contributed by atoms with Crippen molar-refractivity contribution in [2.75, 3.05) is 19.9 Å². The van der Waals surface area contributed by atoms with E-state index < -0.39 is 11.7 Å². The molecule has 1 aromatic rings. The molecule has 1 unspecified atom stereocenters. The van der Waals surface area contributed by atoms with E-state index in [0.717, 1.165) is 39.1 Å². The number of aliphatic hydroxyl groups excluding tert-OH is 1. The van der Waals surface area contributed by atoms with Crippen molar-refractivity contribution >= 4 is 14.2 Å². The average Bonchev–Trinajstić information content (AvgIpc) is 2.54. The van der Waals surface area contributed by atoms with Crippen LogP contribution in [0.5, 0.6) is 0 Å². The monoisotopic (exact) mass is 340 g/mol. The molecule has 0 radical (unpaired) electrons. The maximum absolute atomic E-state index is 13.9. The summed E-state index contributed by atoms with van der Waals surface area (Å²) in [4.78, 5) is 0. The van der Waals surface area contributed by atoms with E-state index in [1.807, 2.05) is 0 Å². The molecule has 1 aromatic heterocycles. The SMILES string of the molecule is CPC.OCC1CCCc2cc(C3=C(F)CCC=C3F)nnc21. The summed E-state index contributed by atoms with van der Waals surface area (Å²) in [7, 11) is 1.08. The largest absolute Gasteiger partial charge is 0.396 e. The van der Waals surface area contributed by atoms with E-state index in [1.165, 1.54) is 6.08 Å². The van der Waals surface area contributed by atoms with Gasteiger partial charge in [0.15, 0.2) is 0 Å². The van der Waals surface area contributed by atoms with Gasteiger partial charge in [-0.15, -0.1) is 8.58 Å². The molecular formula is C17H23F2N2OP. The number of fused-ring (bicyclic) bond motifs is 1. The zero-order valence-electron chi connectivity index (χ0n) is 13.6. The lowest BCUT2D eigenvalue weighted by atomic mass is 9.86. The molecule has 1 atom stereocenters. The van der Waals surface area contributed by atoms with E-state index in [0.29, 0.717) is 6.42 Å². The Morgan fingerprint density at radius 1 is 1.26 bits per heavy atom. The first-order valence-electron chi connectivity index (χ1n) is 7.93. The quantitative estimate of drug-likeness (QED) is 0.823. The second kappa shape index (κ2) is 8.60. The molecule has 3 nitrogen and oxygen atoms in total. The van der Waals surface area contributed by atoms with E-state index >= 15 is 0 Å². The number of hydrogen-bond donors (Lipinski definition) is 1. The smallest absolute Gasteiger partial charge is 0.131 e. The van der Waals surface area contributed by atoms with Crippen molar-refractivity contribution in [3.63, 3.8) is 0 Å². The van der Waals surface area contributed by atoms with Crippen LogP contribution in [0, 0.1) is 0 Å². The van der Waals surface area contributed by atoms with Gasteiger partial charge in [0.25, 0.3) is 0 Å². The highest BCUT2D eigenvalue weighted by atomic mass is 31.1. The third-order valence-corrected chi connectivity index (χ3v) is 3.96. The maximum Gasteiger partial charge on any atom is 0.131 e. The van der Waals surface area contributed by atoms with Crippen LogP contribution in [0.15, 0.2) is 23.8 Å². The van der Waals surface area contributed by atoms with Crippen LogP contribution >= 0.6 is 8.58 Å². The lowest BCUT2D eigenvalue weighted by molar-refractivity contribution is 0.249. The minimum atomic E-state index is -0.558. The molecule has 0 aliphatic heterocycles. The van der Waals surface area contributed by atoms with Crippen molar-refractivity contribution < 1.29 is 13.9 Å². The first-order valence-corrected chi connectivity index (χ1v) is 9.93. The van der Waals surface area contributed by atoms with E-state index in [-0.39, 0.29) is 30.2 Å². The summed E-state index contributed by atoms with van der Waals surface area (Å²) in [5, 5.41) is 17.4. The van der Waals surface area contributed by atoms with Crippen molar-refractivity contribution in [2.24, 2.45) is 0 Å². The number of aromatic nitrogens is 2. The lowest BCUT2D eigenvalue weighted by Crippen LogP contribution is -2.17. The van der Waals surface area contributed by atoms with Gasteiger partial charge in [-0.25, -0.2) is 8.78 Å². The highest BCUT2D eigenvalue weighted by Gasteiger charge is 2.25. The first-order chi connectivity index (χ1) is 11.1. The molecule has 2 aliphatic rings. The predicted molar refractivity (Wildman–Crippen MR) is 91.4 cm³/mol. The number of hydrogen-bond acceptors (Lipinski definition) is 3. The Hall–Kier alpha value is -1.19. The van der Waals surface area contributed by atoms with Crippen LogP contribution in [-0.2, 0) is 6.42 Å². The third-order valence-electron chi connectivity index (χ3n) is 3.96. The van der Waals surface area contributed by atoms with E-state index in [4.69, 9.17) is 0 Å². The van der Waals surface area contributed by atoms with Crippen molar-refractivity contribution in [1.82, 2.24) is 10.2 Å². The maximum atomic E-state index is 13.9. The summed E-state index contributed by atoms with van der Waals surface area (Å²) >= 11 is 0. The number of aryl methyl sites for hydroxylation is 1. The van der Waals surface area contributed by atoms with Gasteiger partial charge in [0.2, 0.25) is 0 Å². The number of aliphatic hydroxyl groups is 1. The van der Waals surface area contributed by atoms with Crippen LogP contribution in [-0.4, -0.2) is 35.2 Å². The molecule has 0 spiro atoms. The third kappa shape index (κ3) is 4.21. The molecular weight excluding hydrogens is 317 g/mol. The van der Waals surface area contributed by atoms with Gasteiger partial charge in [0.1, 0.15) is 11.7 Å². The fourth-order valence-electron chi connectivity index (χ4n) is 2.90. The van der Waals surface area contributed by atoms with Crippen molar-refractivity contribution in [2.45, 2.75) is 38.0 Å². The molecule has 6 heteroatoms. The van der Waals surface area contributed by atoms with Crippen LogP contribution < -0.4 is 0 Å². The Morgan fingerprint density at radius 2 is 2.00 bits per heavy atom. The van der Waals surface area contributed by atoms with Gasteiger partial charge < -0.3 is 5.11 Å². The molecule has 0 aromatic carbocycles. The van der Waals surface area contributed by atoms with Crippen molar-refractivity contribution in [3.8, 4) is 0 Å². The van der Waals surface area contributed by atoms with Crippen molar-refractivity contribution in [1.29, 1.82) is 0 Å². The molecule has 0 saturated carbocycles. The van der Waals surface area contributed by atoms with Crippen LogP contribution in [0.1, 0.15) is 48.6 Å². The molecule has 3 rings (SSSR count). The Balaban J connectivity index is 0.000000595. The number of allylic oxidation sites excluding steroid dienone is 4. The fourth-order valence-corrected chi connectivity index (χ4v) is 2.90. The highest BCUT2D eigenvalue weighted by molar-refractivity contribution is 7.35. The second-order valence-corrected chi connectivity index (χ2v) is 6.78. The minimum absolute atomic E-state index is 0.00845. The Morgan fingerprint density at radius 3 is 2.65 bits per heavy atom. The molecule has 0 saturated heterocycles. The van der Waals surface area contributed by atoms with Gasteiger partial charge in [-0.05, 0) is 56.7 Å². The Kier molecular flexibility index (Phi) is 6.79. The van der Waals surface area contributed by atoms with Crippen LogP contribution in [0.2, 0.25) is 0 Å². The predicted octanol–water partition coefficient (Wildman–Crippen LogP) is 4.14. The summed E-state index contributed by atoms with van der Waals surface area (Å²) in [5.74, 6) is -1.03. The standard InChI is InChI=1S/C15H16F2N2O.C2H7P/c16-11-5-2-6-12(17)14(11)13-7-9-3-1-4-10(8-20)15(9)19-18-13;1-3-2/h5,7,10,20H,1-4,6,8H2;3H,1-2H3. The number of nitrogens with zero attached hydrogens (tertiary/aromatic N) is 2. The molecule has 0 amide bonds. The molecule has 126 valence electrons. The molecule has 23 heavy (non-hydrogen) atoms. The van der Waals surface area contributed by atoms with Crippen LogP contribution in [0.25, 0.3) is 5.57 Å². The average molecular weight is 340 g/mol. The van der Waals surface area contributed by atoms with Gasteiger partial charge in [-0.1, -0.05) is 0 Å². The second-order valence-electron chi connectivity index (χ2n) is 5.78. The van der Waals surface area contributed by atoms with E-state index in [9.17, 15) is 13.9 Å². The summed E-state index contributed by atoms with van der Waals surface area (Å²) in [6.45, 7) is 4.34. The molecule has 0 bridgehead atoms. The van der Waals surface area contributed by atoms with E-state index in [2.05, 4.69) is 23.5 Å². The highest BCUT2D eigenvalue weighted by Crippen LogP contribution is 2.36. The van der Waals surface area contributed by atoms with Gasteiger partial charge in [0.05, 0.1) is 23.6 Å². The van der Waals surface area contributed by atoms with E-state index in [1.54, 1.807) is 6.07 Å². The fraction of sp³-hybridized carbons (Fsp3) is 0.529. The van der Waals surface area contributed by atoms with Crippen LogP contribution in [0.4, 0.5) is 8.78 Å². The summed E-state index contributed by atoms with van der Waals surface area (Å²) in [6, 6.07) is 1.72. The van der Waals surface area contributed by atoms with Gasteiger partial charge in [-0.2, -0.15) is 10.2 Å². The van der Waals surface area contributed by atoms with Crippen molar-refractivity contribution in [3.05, 3.63) is 40.7 Å². The zero-order valence-corrected chi connectivity index (χ0v) is 14.6. The molecule has 1 heterocycles. The Bertz CT molecular complexity index is 617.